The molecule has 0 aliphatic carbocycles. The summed E-state index contributed by atoms with van der Waals surface area (Å²) in [6, 6.07) is 8.07. The number of carboxylic acid groups (broad SMARTS) is 1. The summed E-state index contributed by atoms with van der Waals surface area (Å²) in [5, 5.41) is 13.9. The number of rotatable bonds is 1. The van der Waals surface area contributed by atoms with Gasteiger partial charge in [0.1, 0.15) is 12.2 Å². The third kappa shape index (κ3) is 2.72. The standard InChI is InChI=1S/C12H9N2O2S2.Y/c1-14-8-4-2-3-5-9(8)18-11(14)10-13-7(6-17-10)12(15)16;/h2,4-5,7H,1,6H2,(H,15,16);/q-1;/b11-10-;. The van der Waals surface area contributed by atoms with Gasteiger partial charge >= 0.3 is 0 Å². The second-order valence-corrected chi connectivity index (χ2v) is 5.87. The molecule has 4 nitrogen and oxygen atoms in total. The Morgan fingerprint density at radius 2 is 2.42 bits per heavy atom. The summed E-state index contributed by atoms with van der Waals surface area (Å²) in [7, 11) is 0. The van der Waals surface area contributed by atoms with Crippen LogP contribution in [0.2, 0.25) is 0 Å². The second kappa shape index (κ2) is 5.91. The van der Waals surface area contributed by atoms with Gasteiger partial charge in [0.05, 0.1) is 0 Å². The van der Waals surface area contributed by atoms with Crippen molar-refractivity contribution in [1.29, 1.82) is 0 Å². The summed E-state index contributed by atoms with van der Waals surface area (Å²) in [6.45, 7) is 3.99. The molecule has 1 fully saturated rings. The van der Waals surface area contributed by atoms with E-state index in [0.717, 1.165) is 19.9 Å². The van der Waals surface area contributed by atoms with Gasteiger partial charge in [0.15, 0.2) is 0 Å². The maximum Gasteiger partial charge on any atom is 0.289 e. The minimum absolute atomic E-state index is 0. The maximum absolute atomic E-state index is 10.9. The van der Waals surface area contributed by atoms with Gasteiger partial charge in [-0.2, -0.15) is 22.4 Å². The van der Waals surface area contributed by atoms with E-state index in [0.29, 0.717) is 5.75 Å². The van der Waals surface area contributed by atoms with E-state index in [-0.39, 0.29) is 32.7 Å². The van der Waals surface area contributed by atoms with E-state index in [1.807, 2.05) is 22.4 Å². The fourth-order valence-corrected chi connectivity index (χ4v) is 3.99. The first-order valence-electron chi connectivity index (χ1n) is 5.26. The van der Waals surface area contributed by atoms with Crippen molar-refractivity contribution in [3.05, 3.63) is 41.0 Å². The number of fused-ring (bicyclic) bond motifs is 1. The third-order valence-electron chi connectivity index (χ3n) is 2.67. The minimum Gasteiger partial charge on any atom is -0.660 e. The van der Waals surface area contributed by atoms with Crippen molar-refractivity contribution in [1.82, 2.24) is 0 Å². The van der Waals surface area contributed by atoms with E-state index in [2.05, 4.69) is 18.1 Å². The van der Waals surface area contributed by atoms with Gasteiger partial charge in [-0.1, -0.05) is 6.07 Å². The van der Waals surface area contributed by atoms with Crippen molar-refractivity contribution in [3.8, 4) is 0 Å². The van der Waals surface area contributed by atoms with Gasteiger partial charge in [0, 0.05) is 32.7 Å². The first kappa shape index (κ1) is 15.0. The molecule has 2 heterocycles. The molecule has 1 radical (unpaired) electrons. The zero-order chi connectivity index (χ0) is 12.7. The van der Waals surface area contributed by atoms with Crippen molar-refractivity contribution in [2.75, 3.05) is 5.75 Å². The molecule has 0 amide bonds. The molecule has 1 saturated heterocycles. The zero-order valence-electron chi connectivity index (χ0n) is 9.87. The SMILES string of the molecule is C=[n+]1/c(=C2\[N-]C(C(=O)O)CS2)sc2c[c-]ccc21.[Y]. The Morgan fingerprint density at radius 1 is 1.63 bits per heavy atom. The van der Waals surface area contributed by atoms with Gasteiger partial charge in [-0.25, -0.2) is 0 Å². The molecule has 1 aliphatic heterocycles. The molecule has 1 aromatic heterocycles. The summed E-state index contributed by atoms with van der Waals surface area (Å²) >= 11 is 3.03. The summed E-state index contributed by atoms with van der Waals surface area (Å²) in [6.07, 6.45) is 0. The van der Waals surface area contributed by atoms with Crippen molar-refractivity contribution in [2.24, 2.45) is 0 Å². The Labute approximate surface area is 143 Å². The van der Waals surface area contributed by atoms with Crippen LogP contribution in [0.4, 0.5) is 0 Å². The zero-order valence-corrected chi connectivity index (χ0v) is 14.3. The normalized spacial score (nSPS) is 20.9. The van der Waals surface area contributed by atoms with Crippen LogP contribution in [-0.4, -0.2) is 22.9 Å². The molecule has 95 valence electrons. The molecule has 1 aliphatic rings. The van der Waals surface area contributed by atoms with Crippen molar-refractivity contribution in [2.45, 2.75) is 6.04 Å². The summed E-state index contributed by atoms with van der Waals surface area (Å²) < 4.78 is 3.78. The molecule has 19 heavy (non-hydrogen) atoms. The Balaban J connectivity index is 0.00000133. The van der Waals surface area contributed by atoms with Crippen LogP contribution in [0.1, 0.15) is 0 Å². The number of carbonyl (C=O) groups is 1. The van der Waals surface area contributed by atoms with Crippen molar-refractivity contribution in [3.63, 3.8) is 0 Å². The molecule has 1 aromatic carbocycles. The minimum atomic E-state index is -0.873. The van der Waals surface area contributed by atoms with E-state index in [9.17, 15) is 4.79 Å². The number of benzene rings is 1. The predicted molar refractivity (Wildman–Crippen MR) is 71.9 cm³/mol. The smallest absolute Gasteiger partial charge is 0.289 e. The van der Waals surface area contributed by atoms with Crippen molar-refractivity contribution >= 4 is 44.3 Å². The molecule has 2 aromatic rings. The van der Waals surface area contributed by atoms with E-state index < -0.39 is 12.0 Å². The van der Waals surface area contributed by atoms with Crippen LogP contribution in [0.25, 0.3) is 20.6 Å². The van der Waals surface area contributed by atoms with Gasteiger partial charge in [-0.05, 0) is 21.5 Å². The van der Waals surface area contributed by atoms with Gasteiger partial charge in [0.25, 0.3) is 5.97 Å². The first-order chi connectivity index (χ1) is 8.66. The third-order valence-corrected chi connectivity index (χ3v) is 5.00. The monoisotopic (exact) mass is 366 g/mol. The molecule has 0 spiro atoms. The average molecular weight is 366 g/mol. The van der Waals surface area contributed by atoms with Gasteiger partial charge < -0.3 is 10.4 Å². The quantitative estimate of drug-likeness (QED) is 0.611. The fourth-order valence-electron chi connectivity index (χ4n) is 1.76. The second-order valence-electron chi connectivity index (χ2n) is 3.83. The average Bonchev–Trinajstić information content (AvgIpc) is 2.95. The molecule has 1 N–H and O–H groups in total. The van der Waals surface area contributed by atoms with Crippen molar-refractivity contribution < 1.29 is 46.9 Å². The van der Waals surface area contributed by atoms with Gasteiger partial charge in [-0.3, -0.25) is 4.79 Å². The molecule has 7 heteroatoms. The Kier molecular flexibility index (Phi) is 4.66. The van der Waals surface area contributed by atoms with Crippen LogP contribution in [0.5, 0.6) is 0 Å². The van der Waals surface area contributed by atoms with E-state index in [1.54, 1.807) is 11.3 Å². The number of aromatic nitrogens is 1. The Morgan fingerprint density at radius 3 is 3.05 bits per heavy atom. The van der Waals surface area contributed by atoms with Gasteiger partial charge in [-0.15, -0.1) is 23.1 Å². The number of carboxylic acids is 1. The molecular weight excluding hydrogens is 357 g/mol. The molecule has 1 unspecified atom stereocenters. The number of aliphatic carboxylic acids is 1. The largest absolute Gasteiger partial charge is 0.660 e. The van der Waals surface area contributed by atoms with Crippen LogP contribution in [0, 0.1) is 12.8 Å². The van der Waals surface area contributed by atoms with E-state index in [4.69, 9.17) is 5.11 Å². The number of hydrogen-bond donors (Lipinski definition) is 1. The summed E-state index contributed by atoms with van der Waals surface area (Å²) in [4.78, 5) is 10.9. The topological polar surface area (TPSA) is 57.3 Å². The Bertz CT molecular complexity index is 744. The van der Waals surface area contributed by atoms with E-state index in [1.165, 1.54) is 11.8 Å². The number of hydrogen-bond acceptors (Lipinski definition) is 3. The maximum atomic E-state index is 10.9. The number of thiazole rings is 1. The molecule has 1 atom stereocenters. The van der Waals surface area contributed by atoms with Crippen LogP contribution in [0.3, 0.4) is 0 Å². The summed E-state index contributed by atoms with van der Waals surface area (Å²) in [5.74, 6) is -0.382. The summed E-state index contributed by atoms with van der Waals surface area (Å²) in [5.41, 5.74) is 1.01. The number of thioether (sulfide) groups is 1. The Hall–Kier alpha value is -0.426. The van der Waals surface area contributed by atoms with Crippen LogP contribution in [-0.2, 0) is 37.5 Å². The predicted octanol–water partition coefficient (Wildman–Crippen LogP) is 1.27. The van der Waals surface area contributed by atoms with Crippen LogP contribution >= 0.6 is 23.1 Å². The first-order valence-corrected chi connectivity index (χ1v) is 7.06. The van der Waals surface area contributed by atoms with Gasteiger partial charge in [0.2, 0.25) is 4.66 Å². The number of nitrogens with zero attached hydrogens (tertiary/aromatic N) is 2. The molecule has 0 saturated carbocycles. The van der Waals surface area contributed by atoms with Crippen LogP contribution < -0.4 is 8.91 Å². The molecular formula is C12H9N2O2S2Y-. The van der Waals surface area contributed by atoms with E-state index >= 15 is 0 Å². The fraction of sp³-hybridized carbons (Fsp3) is 0.167. The molecule has 0 bridgehead atoms. The van der Waals surface area contributed by atoms with Crippen LogP contribution in [0.15, 0.2) is 18.2 Å². The molecule has 3 rings (SSSR count).